The molecular formula is C8H16INO2. The van der Waals surface area contributed by atoms with Crippen molar-refractivity contribution in [1.29, 1.82) is 0 Å². The van der Waals surface area contributed by atoms with Crippen LogP contribution in [0.15, 0.2) is 0 Å². The van der Waals surface area contributed by atoms with Gasteiger partial charge in [-0.05, 0) is 35.4 Å². The first-order valence-electron chi connectivity index (χ1n) is 4.27. The van der Waals surface area contributed by atoms with E-state index in [4.69, 9.17) is 9.84 Å². The van der Waals surface area contributed by atoms with Gasteiger partial charge in [0.2, 0.25) is 0 Å². The first-order chi connectivity index (χ1) is 5.70. The number of hydrogen-bond donors (Lipinski definition) is 1. The van der Waals surface area contributed by atoms with Crippen LogP contribution in [0.3, 0.4) is 0 Å². The van der Waals surface area contributed by atoms with Crippen LogP contribution in [-0.2, 0) is 4.74 Å². The Kier molecular flexibility index (Phi) is 4.22. The van der Waals surface area contributed by atoms with E-state index in [0.717, 1.165) is 32.5 Å². The first-order valence-corrected chi connectivity index (χ1v) is 5.35. The monoisotopic (exact) mass is 285 g/mol. The molecule has 1 aliphatic heterocycles. The highest BCUT2D eigenvalue weighted by atomic mass is 127. The van der Waals surface area contributed by atoms with Crippen molar-refractivity contribution >= 4 is 22.6 Å². The molecule has 0 radical (unpaired) electrons. The maximum Gasteiger partial charge on any atom is 0.121 e. The molecule has 12 heavy (non-hydrogen) atoms. The van der Waals surface area contributed by atoms with Crippen LogP contribution < -0.4 is 0 Å². The normalized spacial score (nSPS) is 24.2. The third-order valence-corrected chi connectivity index (χ3v) is 3.90. The second kappa shape index (κ2) is 4.74. The third-order valence-electron chi connectivity index (χ3n) is 2.38. The predicted octanol–water partition coefficient (Wildman–Crippen LogP) is 0.852. The molecule has 4 heteroatoms. The van der Waals surface area contributed by atoms with E-state index in [2.05, 4.69) is 27.5 Å². The topological polar surface area (TPSA) is 32.7 Å². The quantitative estimate of drug-likeness (QED) is 0.616. The van der Waals surface area contributed by atoms with Gasteiger partial charge >= 0.3 is 0 Å². The van der Waals surface area contributed by atoms with Gasteiger partial charge in [-0.15, -0.1) is 0 Å². The zero-order valence-corrected chi connectivity index (χ0v) is 9.58. The van der Waals surface area contributed by atoms with Crippen LogP contribution in [0.4, 0.5) is 0 Å². The number of hydrogen-bond acceptors (Lipinski definition) is 3. The molecule has 0 bridgehead atoms. The summed E-state index contributed by atoms with van der Waals surface area (Å²) in [6.07, 6.45) is 2.12. The first kappa shape index (κ1) is 10.7. The van der Waals surface area contributed by atoms with E-state index in [9.17, 15) is 0 Å². The lowest BCUT2D eigenvalue weighted by atomic mass is 10.1. The van der Waals surface area contributed by atoms with Crippen LogP contribution in [0.25, 0.3) is 0 Å². The van der Waals surface area contributed by atoms with Crippen LogP contribution in [0, 0.1) is 0 Å². The maximum atomic E-state index is 8.73. The minimum Gasteiger partial charge on any atom is -0.395 e. The fraction of sp³-hybridized carbons (Fsp3) is 1.00. The molecule has 1 heterocycles. The van der Waals surface area contributed by atoms with E-state index < -0.39 is 0 Å². The molecule has 1 fully saturated rings. The number of piperidine rings is 1. The number of nitrogens with zero attached hydrogens (tertiary/aromatic N) is 1. The van der Waals surface area contributed by atoms with Crippen molar-refractivity contribution in [3.63, 3.8) is 0 Å². The van der Waals surface area contributed by atoms with Crippen LogP contribution in [0.1, 0.15) is 12.8 Å². The Bertz CT molecular complexity index is 135. The van der Waals surface area contributed by atoms with Gasteiger partial charge in [-0.2, -0.15) is 0 Å². The average molecular weight is 285 g/mol. The summed E-state index contributed by atoms with van der Waals surface area (Å²) in [6.45, 7) is 3.15. The van der Waals surface area contributed by atoms with Crippen molar-refractivity contribution in [2.75, 3.05) is 33.4 Å². The molecule has 0 aromatic carbocycles. The fourth-order valence-electron chi connectivity index (χ4n) is 1.46. The summed E-state index contributed by atoms with van der Waals surface area (Å²) in [6, 6.07) is 0. The summed E-state index contributed by atoms with van der Waals surface area (Å²) >= 11 is 2.38. The number of likely N-dealkylation sites (tertiary alicyclic amines) is 1. The molecule has 0 amide bonds. The van der Waals surface area contributed by atoms with Crippen molar-refractivity contribution in [2.45, 2.75) is 16.4 Å². The van der Waals surface area contributed by atoms with E-state index in [-0.39, 0.29) is 10.2 Å². The number of aliphatic hydroxyl groups is 1. The molecule has 0 atom stereocenters. The van der Waals surface area contributed by atoms with Crippen molar-refractivity contribution in [1.82, 2.24) is 4.90 Å². The van der Waals surface area contributed by atoms with Gasteiger partial charge in [0.25, 0.3) is 0 Å². The minimum absolute atomic E-state index is 0.0454. The lowest BCUT2D eigenvalue weighted by molar-refractivity contribution is 0.0235. The Labute approximate surface area is 87.2 Å². The highest BCUT2D eigenvalue weighted by Gasteiger charge is 2.30. The molecule has 1 saturated heterocycles. The number of methoxy groups -OCH3 is 1. The summed E-state index contributed by atoms with van der Waals surface area (Å²) in [5, 5.41) is 8.73. The Morgan fingerprint density at radius 3 is 2.50 bits per heavy atom. The van der Waals surface area contributed by atoms with Gasteiger partial charge in [0.1, 0.15) is 3.61 Å². The maximum absolute atomic E-state index is 8.73. The average Bonchev–Trinajstić information content (AvgIpc) is 2.10. The van der Waals surface area contributed by atoms with Crippen LogP contribution in [-0.4, -0.2) is 47.0 Å². The second-order valence-corrected chi connectivity index (χ2v) is 5.12. The molecule has 0 unspecified atom stereocenters. The Hall–Kier alpha value is 0.610. The Balaban J connectivity index is 2.29. The summed E-state index contributed by atoms with van der Waals surface area (Å²) in [5.74, 6) is 0. The summed E-state index contributed by atoms with van der Waals surface area (Å²) in [5.41, 5.74) is 0. The van der Waals surface area contributed by atoms with Crippen LogP contribution in [0.2, 0.25) is 0 Å². The zero-order chi connectivity index (χ0) is 9.03. The van der Waals surface area contributed by atoms with E-state index in [0.29, 0.717) is 0 Å². The lowest BCUT2D eigenvalue weighted by Crippen LogP contribution is -2.42. The SMILES string of the molecule is COC1(I)CCN(CCO)CC1. The summed E-state index contributed by atoms with van der Waals surface area (Å²) in [4.78, 5) is 2.27. The second-order valence-electron chi connectivity index (χ2n) is 3.15. The van der Waals surface area contributed by atoms with Gasteiger partial charge in [0, 0.05) is 26.7 Å². The number of rotatable bonds is 3. The third kappa shape index (κ3) is 2.83. The molecule has 1 aliphatic rings. The lowest BCUT2D eigenvalue weighted by Gasteiger charge is -2.36. The largest absolute Gasteiger partial charge is 0.395 e. The molecule has 0 aromatic rings. The number of β-amino-alcohol motifs (C(OH)–C–C–N with tert-alkyl or cyclic N) is 1. The molecule has 3 nitrogen and oxygen atoms in total. The number of aliphatic hydroxyl groups excluding tert-OH is 1. The minimum atomic E-state index is 0.0454. The molecule has 72 valence electrons. The van der Waals surface area contributed by atoms with Crippen LogP contribution >= 0.6 is 22.6 Å². The van der Waals surface area contributed by atoms with Crippen molar-refractivity contribution in [2.24, 2.45) is 0 Å². The molecule has 0 saturated carbocycles. The van der Waals surface area contributed by atoms with Crippen molar-refractivity contribution < 1.29 is 9.84 Å². The number of ether oxygens (including phenoxy) is 1. The van der Waals surface area contributed by atoms with E-state index in [1.165, 1.54) is 0 Å². The van der Waals surface area contributed by atoms with Gasteiger partial charge in [-0.1, -0.05) is 0 Å². The molecular weight excluding hydrogens is 269 g/mol. The smallest absolute Gasteiger partial charge is 0.121 e. The van der Waals surface area contributed by atoms with Crippen molar-refractivity contribution in [3.8, 4) is 0 Å². The zero-order valence-electron chi connectivity index (χ0n) is 7.42. The number of halogens is 1. The van der Waals surface area contributed by atoms with Gasteiger partial charge in [-0.3, -0.25) is 0 Å². The molecule has 1 rings (SSSR count). The van der Waals surface area contributed by atoms with Gasteiger partial charge < -0.3 is 14.7 Å². The predicted molar refractivity (Wildman–Crippen MR) is 56.5 cm³/mol. The van der Waals surface area contributed by atoms with E-state index in [1.54, 1.807) is 7.11 Å². The summed E-state index contributed by atoms with van der Waals surface area (Å²) < 4.78 is 5.45. The van der Waals surface area contributed by atoms with E-state index >= 15 is 0 Å². The highest BCUT2D eigenvalue weighted by molar-refractivity contribution is 14.1. The van der Waals surface area contributed by atoms with Gasteiger partial charge in [0.15, 0.2) is 0 Å². The Morgan fingerprint density at radius 2 is 2.08 bits per heavy atom. The van der Waals surface area contributed by atoms with Crippen LogP contribution in [0.5, 0.6) is 0 Å². The van der Waals surface area contributed by atoms with Gasteiger partial charge in [0.05, 0.1) is 6.61 Å². The Morgan fingerprint density at radius 1 is 1.50 bits per heavy atom. The summed E-state index contributed by atoms with van der Waals surface area (Å²) in [7, 11) is 1.77. The van der Waals surface area contributed by atoms with E-state index in [1.807, 2.05) is 0 Å². The molecule has 0 aromatic heterocycles. The number of alkyl halides is 1. The molecule has 0 aliphatic carbocycles. The molecule has 0 spiro atoms. The fourth-order valence-corrected chi connectivity index (χ4v) is 1.94. The van der Waals surface area contributed by atoms with Gasteiger partial charge in [-0.25, -0.2) is 0 Å². The van der Waals surface area contributed by atoms with Crippen molar-refractivity contribution in [3.05, 3.63) is 0 Å². The highest BCUT2D eigenvalue weighted by Crippen LogP contribution is 2.31. The molecule has 1 N–H and O–H groups in total. The standard InChI is InChI=1S/C8H16INO2/c1-12-8(9)2-4-10(5-3-8)6-7-11/h11H,2-7H2,1H3.